The van der Waals surface area contributed by atoms with Crippen LogP contribution in [0.4, 0.5) is 5.69 Å². The van der Waals surface area contributed by atoms with Gasteiger partial charge in [0.2, 0.25) is 11.8 Å². The Morgan fingerprint density at radius 3 is 2.50 bits per heavy atom. The molecule has 30 heavy (non-hydrogen) atoms. The number of hydrogen-bond acceptors (Lipinski definition) is 5. The van der Waals surface area contributed by atoms with Crippen molar-refractivity contribution < 1.29 is 14.3 Å². The van der Waals surface area contributed by atoms with Crippen LogP contribution in [0.5, 0.6) is 5.75 Å². The lowest BCUT2D eigenvalue weighted by Gasteiger charge is -2.22. The number of primary amides is 1. The molecule has 0 saturated heterocycles. The van der Waals surface area contributed by atoms with Crippen molar-refractivity contribution in [2.24, 2.45) is 5.73 Å². The molecule has 7 nitrogen and oxygen atoms in total. The highest BCUT2D eigenvalue weighted by molar-refractivity contribution is 9.10. The molecule has 1 heterocycles. The zero-order chi connectivity index (χ0) is 21.5. The van der Waals surface area contributed by atoms with Crippen molar-refractivity contribution in [3.05, 3.63) is 59.2 Å². The summed E-state index contributed by atoms with van der Waals surface area (Å²) in [5.41, 5.74) is 7.83. The molecular weight excluding hydrogens is 468 g/mol. The number of aromatic nitrogens is 2. The average molecular weight is 489 g/mol. The Morgan fingerprint density at radius 2 is 1.87 bits per heavy atom. The van der Waals surface area contributed by atoms with Crippen LogP contribution < -0.4 is 15.4 Å². The number of ether oxygens (including phenoxy) is 1. The van der Waals surface area contributed by atoms with E-state index in [1.54, 1.807) is 42.5 Å². The first-order chi connectivity index (χ1) is 14.5. The minimum atomic E-state index is -0.459. The highest BCUT2D eigenvalue weighted by Crippen LogP contribution is 2.25. The molecule has 156 valence electrons. The maximum absolute atomic E-state index is 12.9. The maximum atomic E-state index is 12.9. The van der Waals surface area contributed by atoms with Crippen molar-refractivity contribution in [3.8, 4) is 17.0 Å². The summed E-state index contributed by atoms with van der Waals surface area (Å²) in [5, 5.41) is 0.644. The number of aromatic amines is 1. The lowest BCUT2D eigenvalue weighted by Crippen LogP contribution is -2.35. The van der Waals surface area contributed by atoms with Crippen molar-refractivity contribution >= 4 is 45.2 Å². The van der Waals surface area contributed by atoms with Gasteiger partial charge in [-0.3, -0.25) is 9.59 Å². The molecule has 0 unspecified atom stereocenters. The standard InChI is InChI=1S/C21H21BrN4O3S/c1-29-17-8-6-16(7-9-17)26(11-10-19(23)27)20(28)13-30-21-24-12-18(25-21)14-2-4-15(22)5-3-14/h2-9,12H,10-11,13H2,1H3,(H2,23,27)(H,24,25). The summed E-state index contributed by atoms with van der Waals surface area (Å²) in [4.78, 5) is 33.2. The van der Waals surface area contributed by atoms with E-state index in [1.807, 2.05) is 24.3 Å². The van der Waals surface area contributed by atoms with Crippen LogP contribution in [0, 0.1) is 0 Å². The third kappa shape index (κ3) is 5.87. The molecule has 3 N–H and O–H groups in total. The van der Waals surface area contributed by atoms with Crippen LogP contribution >= 0.6 is 27.7 Å². The van der Waals surface area contributed by atoms with Gasteiger partial charge in [0.25, 0.3) is 0 Å². The third-order valence-corrected chi connectivity index (χ3v) is 5.71. The second-order valence-corrected chi connectivity index (χ2v) is 8.24. The maximum Gasteiger partial charge on any atom is 0.237 e. The summed E-state index contributed by atoms with van der Waals surface area (Å²) in [6.45, 7) is 0.212. The van der Waals surface area contributed by atoms with E-state index in [9.17, 15) is 9.59 Å². The Kier molecular flexibility index (Phi) is 7.53. The summed E-state index contributed by atoms with van der Waals surface area (Å²) in [5.74, 6) is 0.247. The van der Waals surface area contributed by atoms with Crippen LogP contribution in [0.15, 0.2) is 64.4 Å². The Balaban J connectivity index is 1.67. The predicted molar refractivity (Wildman–Crippen MR) is 122 cm³/mol. The number of rotatable bonds is 9. The lowest BCUT2D eigenvalue weighted by atomic mass is 10.2. The SMILES string of the molecule is COc1ccc(N(CCC(N)=O)C(=O)CSc2ncc(-c3ccc(Br)cc3)[nH]2)cc1. The zero-order valence-corrected chi connectivity index (χ0v) is 18.7. The molecule has 0 spiro atoms. The Bertz CT molecular complexity index is 1010. The number of halogens is 1. The molecule has 0 bridgehead atoms. The molecule has 2 amide bonds. The van der Waals surface area contributed by atoms with Crippen molar-refractivity contribution in [2.45, 2.75) is 11.6 Å². The monoisotopic (exact) mass is 488 g/mol. The van der Waals surface area contributed by atoms with Crippen LogP contribution in [0.3, 0.4) is 0 Å². The molecule has 3 rings (SSSR count). The fraction of sp³-hybridized carbons (Fsp3) is 0.190. The number of thioether (sulfide) groups is 1. The van der Waals surface area contributed by atoms with Gasteiger partial charge in [0.05, 0.1) is 24.8 Å². The molecule has 0 atom stereocenters. The van der Waals surface area contributed by atoms with Gasteiger partial charge in [-0.25, -0.2) is 4.98 Å². The summed E-state index contributed by atoms with van der Waals surface area (Å²) in [6, 6.07) is 15.0. The van der Waals surface area contributed by atoms with Crippen LogP contribution in [0.2, 0.25) is 0 Å². The van der Waals surface area contributed by atoms with E-state index in [0.717, 1.165) is 15.7 Å². The smallest absolute Gasteiger partial charge is 0.237 e. The highest BCUT2D eigenvalue weighted by atomic mass is 79.9. The highest BCUT2D eigenvalue weighted by Gasteiger charge is 2.18. The Labute approximate surface area is 187 Å². The van der Waals surface area contributed by atoms with Gasteiger partial charge >= 0.3 is 0 Å². The van der Waals surface area contributed by atoms with Gasteiger partial charge in [0, 0.05) is 23.1 Å². The van der Waals surface area contributed by atoms with Crippen molar-refractivity contribution in [1.82, 2.24) is 9.97 Å². The van der Waals surface area contributed by atoms with Crippen LogP contribution in [-0.4, -0.2) is 41.2 Å². The first-order valence-electron chi connectivity index (χ1n) is 9.12. The predicted octanol–water partition coefficient (Wildman–Crippen LogP) is 3.85. The molecule has 0 fully saturated rings. The number of carbonyl (C=O) groups excluding carboxylic acids is 2. The summed E-state index contributed by atoms with van der Waals surface area (Å²) in [6.07, 6.45) is 1.82. The number of nitrogens with one attached hydrogen (secondary N) is 1. The summed E-state index contributed by atoms with van der Waals surface area (Å²) in [7, 11) is 1.58. The minimum absolute atomic E-state index is 0.0803. The Morgan fingerprint density at radius 1 is 1.17 bits per heavy atom. The number of carbonyl (C=O) groups is 2. The van der Waals surface area contributed by atoms with Gasteiger partial charge in [-0.1, -0.05) is 39.8 Å². The van der Waals surface area contributed by atoms with E-state index in [0.29, 0.717) is 16.6 Å². The number of imidazole rings is 1. The first kappa shape index (κ1) is 21.9. The number of nitrogens with two attached hydrogens (primary N) is 1. The van der Waals surface area contributed by atoms with Crippen molar-refractivity contribution in [3.63, 3.8) is 0 Å². The van der Waals surface area contributed by atoms with E-state index in [4.69, 9.17) is 10.5 Å². The van der Waals surface area contributed by atoms with Gasteiger partial charge in [0.15, 0.2) is 5.16 Å². The van der Waals surface area contributed by atoms with Gasteiger partial charge in [-0.15, -0.1) is 0 Å². The molecule has 2 aromatic carbocycles. The molecule has 0 aliphatic rings. The number of methoxy groups -OCH3 is 1. The van der Waals surface area contributed by atoms with Crippen LogP contribution in [0.25, 0.3) is 11.3 Å². The van der Waals surface area contributed by atoms with Crippen LogP contribution in [0.1, 0.15) is 6.42 Å². The third-order valence-electron chi connectivity index (χ3n) is 4.31. The molecule has 0 aliphatic heterocycles. The van der Waals surface area contributed by atoms with Gasteiger partial charge < -0.3 is 20.4 Å². The topological polar surface area (TPSA) is 101 Å². The molecule has 0 radical (unpaired) electrons. The molecule has 3 aromatic rings. The number of nitrogens with zero attached hydrogens (tertiary/aromatic N) is 2. The largest absolute Gasteiger partial charge is 0.497 e. The lowest BCUT2D eigenvalue weighted by molar-refractivity contribution is -0.118. The fourth-order valence-corrected chi connectivity index (χ4v) is 3.73. The van der Waals surface area contributed by atoms with Gasteiger partial charge in [-0.05, 0) is 42.0 Å². The number of hydrogen-bond donors (Lipinski definition) is 2. The number of anilines is 1. The average Bonchev–Trinajstić information content (AvgIpc) is 3.22. The van der Waals surface area contributed by atoms with Gasteiger partial charge in [0.1, 0.15) is 5.75 Å². The Hall–Kier alpha value is -2.78. The van der Waals surface area contributed by atoms with Crippen molar-refractivity contribution in [2.75, 3.05) is 24.3 Å². The van der Waals surface area contributed by atoms with E-state index in [1.165, 1.54) is 11.8 Å². The molecule has 9 heteroatoms. The first-order valence-corrected chi connectivity index (χ1v) is 10.9. The van der Waals surface area contributed by atoms with Gasteiger partial charge in [-0.2, -0.15) is 0 Å². The van der Waals surface area contributed by atoms with E-state index < -0.39 is 5.91 Å². The summed E-state index contributed by atoms with van der Waals surface area (Å²) < 4.78 is 6.16. The second kappa shape index (κ2) is 10.3. The number of benzene rings is 2. The van der Waals surface area contributed by atoms with Crippen molar-refractivity contribution in [1.29, 1.82) is 0 Å². The normalized spacial score (nSPS) is 10.6. The molecular formula is C21H21BrN4O3S. The van der Waals surface area contributed by atoms with E-state index >= 15 is 0 Å². The zero-order valence-electron chi connectivity index (χ0n) is 16.3. The van der Waals surface area contributed by atoms with Crippen LogP contribution in [-0.2, 0) is 9.59 Å². The molecule has 0 aliphatic carbocycles. The number of amides is 2. The molecule has 1 aromatic heterocycles. The summed E-state index contributed by atoms with van der Waals surface area (Å²) >= 11 is 4.72. The van der Waals surface area contributed by atoms with E-state index in [-0.39, 0.29) is 24.6 Å². The second-order valence-electron chi connectivity index (χ2n) is 6.36. The molecule has 0 saturated carbocycles. The van der Waals surface area contributed by atoms with E-state index in [2.05, 4.69) is 25.9 Å². The number of H-pyrrole nitrogens is 1. The minimum Gasteiger partial charge on any atom is -0.497 e. The quantitative estimate of drug-likeness (QED) is 0.445. The fourth-order valence-electron chi connectivity index (χ4n) is 2.74.